The molecule has 188 valence electrons. The molecule has 9 nitrogen and oxygen atoms in total. The number of ether oxygens (including phenoxy) is 4. The van der Waals surface area contributed by atoms with Gasteiger partial charge in [-0.25, -0.2) is 0 Å². The molecule has 0 spiro atoms. The molecule has 0 saturated carbocycles. The summed E-state index contributed by atoms with van der Waals surface area (Å²) in [5.41, 5.74) is 0. The zero-order valence-corrected chi connectivity index (χ0v) is 19.6. The first-order valence-electron chi connectivity index (χ1n) is 11.9. The van der Waals surface area contributed by atoms with Crippen LogP contribution in [0.3, 0.4) is 0 Å². The van der Waals surface area contributed by atoms with Gasteiger partial charge in [0, 0.05) is 0 Å². The minimum Gasteiger partial charge on any atom is -0.394 e. The van der Waals surface area contributed by atoms with Crippen LogP contribution >= 0.6 is 0 Å². The maximum atomic E-state index is 8.64. The standard InChI is InChI=1S/C22H47NO8/c1-2-3-4-5-6-7-8-9-10-23(30-21-19-28-17-15-26-13-11-24)31-22-20-29-18-16-27-14-12-25/h24-25H,2-22H2,1H3. The third-order valence-corrected chi connectivity index (χ3v) is 4.34. The second-order valence-corrected chi connectivity index (χ2v) is 7.09. The fourth-order valence-corrected chi connectivity index (χ4v) is 2.71. The lowest BCUT2D eigenvalue weighted by molar-refractivity contribution is -0.372. The van der Waals surface area contributed by atoms with Crippen LogP contribution in [0.15, 0.2) is 0 Å². The molecule has 0 aromatic carbocycles. The van der Waals surface area contributed by atoms with E-state index in [1.807, 2.05) is 0 Å². The molecule has 0 bridgehead atoms. The molecule has 2 N–H and O–H groups in total. The number of aliphatic hydroxyl groups excluding tert-OH is 2. The number of unbranched alkanes of at least 4 members (excludes halogenated alkanes) is 7. The Morgan fingerprint density at radius 1 is 0.484 bits per heavy atom. The van der Waals surface area contributed by atoms with Crippen molar-refractivity contribution in [3.63, 3.8) is 0 Å². The molecule has 0 aliphatic carbocycles. The van der Waals surface area contributed by atoms with E-state index in [-0.39, 0.29) is 13.2 Å². The predicted molar refractivity (Wildman–Crippen MR) is 119 cm³/mol. The van der Waals surface area contributed by atoms with E-state index in [2.05, 4.69) is 6.92 Å². The minimum absolute atomic E-state index is 0.0214. The van der Waals surface area contributed by atoms with Gasteiger partial charge in [-0.05, 0) is 6.42 Å². The van der Waals surface area contributed by atoms with Gasteiger partial charge in [-0.1, -0.05) is 57.1 Å². The summed E-state index contributed by atoms with van der Waals surface area (Å²) in [4.78, 5) is 11.4. The fraction of sp³-hybridized carbons (Fsp3) is 1.00. The first kappa shape index (κ1) is 30.6. The lowest BCUT2D eigenvalue weighted by Gasteiger charge is -2.21. The molecule has 0 aliphatic rings. The normalized spacial score (nSPS) is 11.6. The van der Waals surface area contributed by atoms with E-state index in [4.69, 9.17) is 38.8 Å². The first-order chi connectivity index (χ1) is 15.3. The largest absolute Gasteiger partial charge is 0.394 e. The second-order valence-electron chi connectivity index (χ2n) is 7.09. The van der Waals surface area contributed by atoms with E-state index in [0.29, 0.717) is 72.6 Å². The van der Waals surface area contributed by atoms with Crippen molar-refractivity contribution in [1.82, 2.24) is 5.23 Å². The van der Waals surface area contributed by atoms with E-state index in [9.17, 15) is 0 Å². The molecule has 0 rings (SSSR count). The monoisotopic (exact) mass is 453 g/mol. The Labute approximate surface area is 188 Å². The van der Waals surface area contributed by atoms with E-state index < -0.39 is 0 Å². The van der Waals surface area contributed by atoms with Crippen molar-refractivity contribution in [2.75, 3.05) is 85.8 Å². The van der Waals surface area contributed by atoms with Gasteiger partial charge in [-0.3, -0.25) is 9.68 Å². The maximum Gasteiger partial charge on any atom is 0.0945 e. The summed E-state index contributed by atoms with van der Waals surface area (Å²) in [6.45, 7) is 7.16. The Hall–Kier alpha value is -0.360. The molecule has 0 saturated heterocycles. The van der Waals surface area contributed by atoms with Crippen LogP contribution in [-0.2, 0) is 28.6 Å². The van der Waals surface area contributed by atoms with Crippen LogP contribution in [0.2, 0.25) is 0 Å². The van der Waals surface area contributed by atoms with Crippen LogP contribution in [0.5, 0.6) is 0 Å². The number of hydroxylamine groups is 2. The van der Waals surface area contributed by atoms with Gasteiger partial charge in [0.25, 0.3) is 0 Å². The molecule has 9 heteroatoms. The van der Waals surface area contributed by atoms with Gasteiger partial charge in [0.2, 0.25) is 0 Å². The van der Waals surface area contributed by atoms with E-state index in [1.54, 1.807) is 0 Å². The van der Waals surface area contributed by atoms with Crippen LogP contribution in [0, 0.1) is 0 Å². The zero-order chi connectivity index (χ0) is 22.7. The lowest BCUT2D eigenvalue weighted by Crippen LogP contribution is -2.29. The van der Waals surface area contributed by atoms with Crippen LogP contribution in [0.25, 0.3) is 0 Å². The van der Waals surface area contributed by atoms with Gasteiger partial charge in [0.05, 0.1) is 85.8 Å². The van der Waals surface area contributed by atoms with Gasteiger partial charge in [0.15, 0.2) is 0 Å². The third-order valence-electron chi connectivity index (χ3n) is 4.34. The first-order valence-corrected chi connectivity index (χ1v) is 11.9. The number of rotatable bonds is 27. The average molecular weight is 454 g/mol. The molecule has 0 atom stereocenters. The molecule has 0 fully saturated rings. The van der Waals surface area contributed by atoms with Gasteiger partial charge in [0.1, 0.15) is 0 Å². The molecule has 0 heterocycles. The van der Waals surface area contributed by atoms with E-state index in [1.165, 1.54) is 43.8 Å². The molecule has 0 radical (unpaired) electrons. The Bertz CT molecular complexity index is 278. The summed E-state index contributed by atoms with van der Waals surface area (Å²) < 4.78 is 21.2. The Kier molecular flexibility index (Phi) is 27.4. The molecule has 0 aromatic rings. The van der Waals surface area contributed by atoms with Crippen molar-refractivity contribution in [1.29, 1.82) is 0 Å². The summed E-state index contributed by atoms with van der Waals surface area (Å²) >= 11 is 0. The summed E-state index contributed by atoms with van der Waals surface area (Å²) in [7, 11) is 0. The molecular weight excluding hydrogens is 406 g/mol. The molecule has 0 amide bonds. The molecule has 31 heavy (non-hydrogen) atoms. The summed E-state index contributed by atoms with van der Waals surface area (Å²) in [5, 5.41) is 18.8. The summed E-state index contributed by atoms with van der Waals surface area (Å²) in [5.74, 6) is 0. The lowest BCUT2D eigenvalue weighted by atomic mass is 10.1. The van der Waals surface area contributed by atoms with Crippen molar-refractivity contribution >= 4 is 0 Å². The van der Waals surface area contributed by atoms with Crippen molar-refractivity contribution < 1.29 is 38.8 Å². The molecular formula is C22H47NO8. The van der Waals surface area contributed by atoms with Crippen molar-refractivity contribution in [2.24, 2.45) is 0 Å². The van der Waals surface area contributed by atoms with Crippen molar-refractivity contribution in [3.8, 4) is 0 Å². The number of aliphatic hydroxyl groups is 2. The highest BCUT2D eigenvalue weighted by atomic mass is 16.9. The average Bonchev–Trinajstić information content (AvgIpc) is 2.78. The third kappa shape index (κ3) is 25.8. The van der Waals surface area contributed by atoms with E-state index in [0.717, 1.165) is 12.8 Å². The highest BCUT2D eigenvalue weighted by Gasteiger charge is 2.07. The Morgan fingerprint density at radius 3 is 1.32 bits per heavy atom. The molecule has 0 aliphatic heterocycles. The topological polar surface area (TPSA) is 99.1 Å². The van der Waals surface area contributed by atoms with Gasteiger partial charge in [-0.15, -0.1) is 0 Å². The van der Waals surface area contributed by atoms with Crippen LogP contribution in [-0.4, -0.2) is 101 Å². The minimum atomic E-state index is 0.0214. The Balaban J connectivity index is 3.82. The quantitative estimate of drug-likeness (QED) is 0.143. The van der Waals surface area contributed by atoms with Gasteiger partial charge < -0.3 is 29.2 Å². The molecule has 0 unspecified atom stereocenters. The predicted octanol–water partition coefficient (Wildman–Crippen LogP) is 2.34. The van der Waals surface area contributed by atoms with Gasteiger partial charge >= 0.3 is 0 Å². The SMILES string of the molecule is CCCCCCCCCCN(OCCOCCOCCO)OCCOCCOCCO. The summed E-state index contributed by atoms with van der Waals surface area (Å²) in [6, 6.07) is 0. The molecule has 0 aromatic heterocycles. The van der Waals surface area contributed by atoms with Crippen LogP contribution in [0.4, 0.5) is 0 Å². The van der Waals surface area contributed by atoms with E-state index >= 15 is 0 Å². The second kappa shape index (κ2) is 27.7. The van der Waals surface area contributed by atoms with Crippen molar-refractivity contribution in [3.05, 3.63) is 0 Å². The number of hydrogen-bond donors (Lipinski definition) is 2. The van der Waals surface area contributed by atoms with Crippen LogP contribution in [0.1, 0.15) is 58.3 Å². The zero-order valence-electron chi connectivity index (χ0n) is 19.6. The van der Waals surface area contributed by atoms with Gasteiger partial charge in [-0.2, -0.15) is 0 Å². The van der Waals surface area contributed by atoms with Crippen LogP contribution < -0.4 is 0 Å². The number of nitrogens with zero attached hydrogens (tertiary/aromatic N) is 1. The Morgan fingerprint density at radius 2 is 0.871 bits per heavy atom. The highest BCUT2D eigenvalue weighted by Crippen LogP contribution is 2.09. The number of hydrogen-bond acceptors (Lipinski definition) is 9. The smallest absolute Gasteiger partial charge is 0.0945 e. The fourth-order valence-electron chi connectivity index (χ4n) is 2.71. The summed E-state index contributed by atoms with van der Waals surface area (Å²) in [6.07, 6.45) is 9.98. The maximum absolute atomic E-state index is 8.64. The van der Waals surface area contributed by atoms with Crippen molar-refractivity contribution in [2.45, 2.75) is 58.3 Å². The highest BCUT2D eigenvalue weighted by molar-refractivity contribution is 4.47.